The van der Waals surface area contributed by atoms with Gasteiger partial charge in [-0.15, -0.1) is 12.4 Å². The summed E-state index contributed by atoms with van der Waals surface area (Å²) in [5.41, 5.74) is 6.69. The first-order valence-corrected chi connectivity index (χ1v) is 7.61. The van der Waals surface area contributed by atoms with Crippen LogP contribution in [-0.2, 0) is 11.2 Å². The van der Waals surface area contributed by atoms with Gasteiger partial charge in [0.05, 0.1) is 6.54 Å². The minimum absolute atomic E-state index is 0. The van der Waals surface area contributed by atoms with Gasteiger partial charge in [-0.05, 0) is 62.5 Å². The number of nitrogens with two attached hydrogens (primary N) is 1. The Morgan fingerprint density at radius 3 is 2.50 bits per heavy atom. The lowest BCUT2D eigenvalue weighted by molar-refractivity contribution is -0.122. The molecule has 0 aliphatic carbocycles. The molecule has 1 amide bonds. The van der Waals surface area contributed by atoms with E-state index in [1.54, 1.807) is 12.1 Å². The number of hydrogen-bond donors (Lipinski definition) is 2. The van der Waals surface area contributed by atoms with Crippen molar-refractivity contribution >= 4 is 18.3 Å². The van der Waals surface area contributed by atoms with E-state index in [1.165, 1.54) is 12.1 Å². The Labute approximate surface area is 137 Å². The number of carbonyl (C=O) groups excluding carboxylic acids is 1. The molecule has 0 aromatic heterocycles. The molecule has 1 aliphatic heterocycles. The number of benzene rings is 1. The second-order valence-electron chi connectivity index (χ2n) is 5.68. The third-order valence-corrected chi connectivity index (χ3v) is 4.06. The molecule has 22 heavy (non-hydrogen) atoms. The monoisotopic (exact) mass is 329 g/mol. The molecule has 0 radical (unpaired) electrons. The number of nitrogens with one attached hydrogen (secondary N) is 1. The van der Waals surface area contributed by atoms with Crippen LogP contribution in [0.2, 0.25) is 0 Å². The molecule has 0 atom stereocenters. The first-order chi connectivity index (χ1) is 10.2. The van der Waals surface area contributed by atoms with Crippen molar-refractivity contribution in [3.05, 3.63) is 35.6 Å². The van der Waals surface area contributed by atoms with Gasteiger partial charge in [0, 0.05) is 6.54 Å². The molecule has 1 fully saturated rings. The Bertz CT molecular complexity index is 447. The van der Waals surface area contributed by atoms with Crippen LogP contribution in [0, 0.1) is 11.7 Å². The number of piperidine rings is 1. The number of rotatable bonds is 6. The minimum atomic E-state index is -0.233. The molecule has 1 aromatic carbocycles. The summed E-state index contributed by atoms with van der Waals surface area (Å²) in [4.78, 5) is 14.0. The number of likely N-dealkylation sites (tertiary alicyclic amines) is 1. The second-order valence-corrected chi connectivity index (χ2v) is 5.68. The molecule has 4 nitrogen and oxygen atoms in total. The van der Waals surface area contributed by atoms with E-state index < -0.39 is 0 Å². The van der Waals surface area contributed by atoms with Gasteiger partial charge in [0.15, 0.2) is 0 Å². The first kappa shape index (κ1) is 18.9. The van der Waals surface area contributed by atoms with Gasteiger partial charge in [-0.1, -0.05) is 12.1 Å². The van der Waals surface area contributed by atoms with Crippen molar-refractivity contribution in [3.8, 4) is 0 Å². The van der Waals surface area contributed by atoms with E-state index in [2.05, 4.69) is 10.2 Å². The Morgan fingerprint density at radius 1 is 1.27 bits per heavy atom. The molecule has 1 heterocycles. The molecule has 0 spiro atoms. The molecule has 2 rings (SSSR count). The number of nitrogens with zero attached hydrogens (tertiary/aromatic N) is 1. The van der Waals surface area contributed by atoms with Crippen molar-refractivity contribution in [1.82, 2.24) is 10.2 Å². The van der Waals surface area contributed by atoms with Crippen LogP contribution < -0.4 is 11.1 Å². The SMILES string of the molecule is Cl.NCC1CCN(CC(=O)NCCc2ccc(F)cc2)CC1. The van der Waals surface area contributed by atoms with Crippen molar-refractivity contribution in [2.24, 2.45) is 11.7 Å². The van der Waals surface area contributed by atoms with Gasteiger partial charge in [0.2, 0.25) is 5.91 Å². The van der Waals surface area contributed by atoms with E-state index in [1.807, 2.05) is 0 Å². The number of carbonyl (C=O) groups is 1. The average molecular weight is 330 g/mol. The van der Waals surface area contributed by atoms with Gasteiger partial charge in [-0.2, -0.15) is 0 Å². The smallest absolute Gasteiger partial charge is 0.234 e. The van der Waals surface area contributed by atoms with Gasteiger partial charge in [-0.3, -0.25) is 9.69 Å². The maximum Gasteiger partial charge on any atom is 0.234 e. The lowest BCUT2D eigenvalue weighted by Crippen LogP contribution is -2.42. The summed E-state index contributed by atoms with van der Waals surface area (Å²) in [6, 6.07) is 6.38. The Hall–Kier alpha value is -1.17. The molecule has 0 saturated carbocycles. The van der Waals surface area contributed by atoms with Crippen LogP contribution in [0.4, 0.5) is 4.39 Å². The summed E-state index contributed by atoms with van der Waals surface area (Å²) in [5, 5.41) is 2.92. The van der Waals surface area contributed by atoms with Crippen LogP contribution in [0.25, 0.3) is 0 Å². The number of halogens is 2. The maximum absolute atomic E-state index is 12.8. The zero-order chi connectivity index (χ0) is 15.1. The fraction of sp³-hybridized carbons (Fsp3) is 0.562. The molecule has 0 unspecified atom stereocenters. The highest BCUT2D eigenvalue weighted by molar-refractivity contribution is 5.85. The van der Waals surface area contributed by atoms with E-state index in [-0.39, 0.29) is 24.1 Å². The van der Waals surface area contributed by atoms with Gasteiger partial charge in [0.1, 0.15) is 5.82 Å². The molecular formula is C16H25ClFN3O. The fourth-order valence-corrected chi connectivity index (χ4v) is 2.64. The molecule has 1 saturated heterocycles. The first-order valence-electron chi connectivity index (χ1n) is 7.61. The zero-order valence-electron chi connectivity index (χ0n) is 12.8. The topological polar surface area (TPSA) is 58.4 Å². The highest BCUT2D eigenvalue weighted by Gasteiger charge is 2.19. The van der Waals surface area contributed by atoms with Gasteiger partial charge in [0.25, 0.3) is 0 Å². The summed E-state index contributed by atoms with van der Waals surface area (Å²) in [7, 11) is 0. The highest BCUT2D eigenvalue weighted by Crippen LogP contribution is 2.15. The standard InChI is InChI=1S/C16H24FN3O.ClH/c17-15-3-1-13(2-4-15)5-8-19-16(21)12-20-9-6-14(11-18)7-10-20;/h1-4,14H,5-12,18H2,(H,19,21);1H. The fourth-order valence-electron chi connectivity index (χ4n) is 2.64. The predicted molar refractivity (Wildman–Crippen MR) is 88.6 cm³/mol. The van der Waals surface area contributed by atoms with E-state index in [0.717, 1.165) is 44.5 Å². The van der Waals surface area contributed by atoms with E-state index in [0.29, 0.717) is 19.0 Å². The van der Waals surface area contributed by atoms with Crippen molar-refractivity contribution in [1.29, 1.82) is 0 Å². The largest absolute Gasteiger partial charge is 0.355 e. The minimum Gasteiger partial charge on any atom is -0.355 e. The van der Waals surface area contributed by atoms with Gasteiger partial charge >= 0.3 is 0 Å². The van der Waals surface area contributed by atoms with Crippen LogP contribution in [0.15, 0.2) is 24.3 Å². The van der Waals surface area contributed by atoms with E-state index >= 15 is 0 Å². The molecule has 1 aliphatic rings. The van der Waals surface area contributed by atoms with Gasteiger partial charge < -0.3 is 11.1 Å². The third kappa shape index (κ3) is 6.30. The Kier molecular flexibility index (Phi) is 8.38. The summed E-state index contributed by atoms with van der Waals surface area (Å²) in [6.45, 7) is 3.70. The lowest BCUT2D eigenvalue weighted by Gasteiger charge is -2.30. The van der Waals surface area contributed by atoms with Crippen molar-refractivity contribution in [2.45, 2.75) is 19.3 Å². The Morgan fingerprint density at radius 2 is 1.91 bits per heavy atom. The van der Waals surface area contributed by atoms with Gasteiger partial charge in [-0.25, -0.2) is 4.39 Å². The molecular weight excluding hydrogens is 305 g/mol. The lowest BCUT2D eigenvalue weighted by atomic mass is 9.97. The highest BCUT2D eigenvalue weighted by atomic mass is 35.5. The zero-order valence-corrected chi connectivity index (χ0v) is 13.6. The average Bonchev–Trinajstić information content (AvgIpc) is 2.50. The van der Waals surface area contributed by atoms with Crippen LogP contribution in [0.1, 0.15) is 18.4 Å². The van der Waals surface area contributed by atoms with Crippen molar-refractivity contribution in [3.63, 3.8) is 0 Å². The Balaban J connectivity index is 0.00000242. The summed E-state index contributed by atoms with van der Waals surface area (Å²) < 4.78 is 12.8. The van der Waals surface area contributed by atoms with Crippen molar-refractivity contribution < 1.29 is 9.18 Å². The quantitative estimate of drug-likeness (QED) is 0.833. The summed E-state index contributed by atoms with van der Waals surface area (Å²) in [5.74, 6) is 0.440. The van der Waals surface area contributed by atoms with Crippen LogP contribution >= 0.6 is 12.4 Å². The molecule has 0 bridgehead atoms. The van der Waals surface area contributed by atoms with E-state index in [9.17, 15) is 9.18 Å². The molecule has 3 N–H and O–H groups in total. The normalized spacial score (nSPS) is 16.1. The van der Waals surface area contributed by atoms with Crippen LogP contribution in [-0.4, -0.2) is 43.5 Å². The second kappa shape index (κ2) is 9.77. The predicted octanol–water partition coefficient (Wildman–Crippen LogP) is 1.58. The number of hydrogen-bond acceptors (Lipinski definition) is 3. The summed E-state index contributed by atoms with van der Waals surface area (Å²) in [6.07, 6.45) is 2.89. The van der Waals surface area contributed by atoms with Crippen LogP contribution in [0.5, 0.6) is 0 Å². The molecule has 1 aromatic rings. The van der Waals surface area contributed by atoms with Crippen molar-refractivity contribution in [2.75, 3.05) is 32.7 Å². The maximum atomic E-state index is 12.8. The molecule has 124 valence electrons. The summed E-state index contributed by atoms with van der Waals surface area (Å²) >= 11 is 0. The molecule has 6 heteroatoms. The van der Waals surface area contributed by atoms with Crippen LogP contribution in [0.3, 0.4) is 0 Å². The van der Waals surface area contributed by atoms with E-state index in [4.69, 9.17) is 5.73 Å². The number of amides is 1. The third-order valence-electron chi connectivity index (χ3n) is 4.06.